The predicted octanol–water partition coefficient (Wildman–Crippen LogP) is 3.90. The van der Waals surface area contributed by atoms with E-state index >= 15 is 0 Å². The van der Waals surface area contributed by atoms with Crippen molar-refractivity contribution in [3.63, 3.8) is 0 Å². The fraction of sp³-hybridized carbons (Fsp3) is 0.440. The first-order valence-corrected chi connectivity index (χ1v) is 14.0. The lowest BCUT2D eigenvalue weighted by atomic mass is 10.1. The Kier molecular flexibility index (Phi) is 10.1. The number of amides is 2. The molecule has 0 fully saturated rings. The molecule has 0 unspecified atom stereocenters. The number of nitrogens with one attached hydrogen (secondary N) is 1. The van der Waals surface area contributed by atoms with Crippen LogP contribution in [0.2, 0.25) is 0 Å². The van der Waals surface area contributed by atoms with Crippen molar-refractivity contribution < 1.29 is 18.0 Å². The fourth-order valence-corrected chi connectivity index (χ4v) is 4.52. The second kappa shape index (κ2) is 12.4. The van der Waals surface area contributed by atoms with E-state index in [9.17, 15) is 18.0 Å². The van der Waals surface area contributed by atoms with Gasteiger partial charge in [-0.1, -0.05) is 53.2 Å². The molecule has 0 spiro atoms. The molecule has 2 atom stereocenters. The van der Waals surface area contributed by atoms with Crippen LogP contribution in [-0.2, 0) is 26.0 Å². The molecule has 2 amide bonds. The van der Waals surface area contributed by atoms with Crippen molar-refractivity contribution in [2.75, 3.05) is 23.7 Å². The summed E-state index contributed by atoms with van der Waals surface area (Å²) >= 11 is 3.42. The standard InChI is InChI=1S/C25H34BrN3O4S/c1-6-19(3)27-25(31)20(4)28(15-14-21-10-8-7-9-11-21)24(30)17-29(34(5,32)33)22-12-13-23(26)18(2)16-22/h7-13,16,19-20H,6,14-15,17H2,1-5H3,(H,27,31)/t19-,20+/m0/s1. The normalized spacial score (nSPS) is 13.1. The highest BCUT2D eigenvalue weighted by atomic mass is 79.9. The highest BCUT2D eigenvalue weighted by Crippen LogP contribution is 2.25. The van der Waals surface area contributed by atoms with Crippen molar-refractivity contribution in [1.82, 2.24) is 10.2 Å². The van der Waals surface area contributed by atoms with Crippen LogP contribution in [0.1, 0.15) is 38.3 Å². The Labute approximate surface area is 211 Å². The number of hydrogen-bond donors (Lipinski definition) is 1. The van der Waals surface area contributed by atoms with Gasteiger partial charge in [-0.25, -0.2) is 8.42 Å². The van der Waals surface area contributed by atoms with Crippen LogP contribution in [0.3, 0.4) is 0 Å². The number of nitrogens with zero attached hydrogens (tertiary/aromatic N) is 2. The van der Waals surface area contributed by atoms with Gasteiger partial charge in [0.1, 0.15) is 12.6 Å². The average Bonchev–Trinajstić information content (AvgIpc) is 2.79. The summed E-state index contributed by atoms with van der Waals surface area (Å²) in [5.74, 6) is -0.699. The molecular formula is C25H34BrN3O4S. The Morgan fingerprint density at radius 2 is 1.74 bits per heavy atom. The van der Waals surface area contributed by atoms with Gasteiger partial charge in [0.25, 0.3) is 0 Å². The van der Waals surface area contributed by atoms with Gasteiger partial charge in [-0.05, 0) is 62.9 Å². The first kappa shape index (κ1) is 27.9. The lowest BCUT2D eigenvalue weighted by Gasteiger charge is -2.32. The topological polar surface area (TPSA) is 86.8 Å². The minimum Gasteiger partial charge on any atom is -0.352 e. The lowest BCUT2D eigenvalue weighted by Crippen LogP contribution is -2.53. The molecule has 0 aliphatic heterocycles. The van der Waals surface area contributed by atoms with Crippen LogP contribution in [0, 0.1) is 6.92 Å². The molecule has 0 heterocycles. The summed E-state index contributed by atoms with van der Waals surface area (Å²) < 4.78 is 27.2. The van der Waals surface area contributed by atoms with Gasteiger partial charge < -0.3 is 10.2 Å². The minimum absolute atomic E-state index is 0.0284. The smallest absolute Gasteiger partial charge is 0.244 e. The van der Waals surface area contributed by atoms with Gasteiger partial charge in [0.15, 0.2) is 0 Å². The van der Waals surface area contributed by atoms with E-state index in [4.69, 9.17) is 0 Å². The first-order chi connectivity index (χ1) is 15.9. The minimum atomic E-state index is -3.74. The number of aryl methyl sites for hydroxylation is 1. The first-order valence-electron chi connectivity index (χ1n) is 11.3. The molecule has 0 bridgehead atoms. The maximum absolute atomic E-state index is 13.5. The van der Waals surface area contributed by atoms with E-state index in [1.165, 1.54) is 4.90 Å². The third-order valence-electron chi connectivity index (χ3n) is 5.76. The summed E-state index contributed by atoms with van der Waals surface area (Å²) in [6, 6.07) is 14.0. The highest BCUT2D eigenvalue weighted by molar-refractivity contribution is 9.10. The molecule has 2 aromatic carbocycles. The summed E-state index contributed by atoms with van der Waals surface area (Å²) in [6.45, 7) is 7.29. The van der Waals surface area contributed by atoms with Crippen LogP contribution in [0.15, 0.2) is 53.0 Å². The van der Waals surface area contributed by atoms with E-state index in [1.54, 1.807) is 25.1 Å². The Morgan fingerprint density at radius 1 is 1.09 bits per heavy atom. The zero-order valence-electron chi connectivity index (χ0n) is 20.4. The Morgan fingerprint density at radius 3 is 2.29 bits per heavy atom. The molecule has 186 valence electrons. The zero-order chi connectivity index (χ0) is 25.5. The van der Waals surface area contributed by atoms with Crippen molar-refractivity contribution in [3.05, 3.63) is 64.1 Å². The Balaban J connectivity index is 2.33. The zero-order valence-corrected chi connectivity index (χ0v) is 22.8. The fourth-order valence-electron chi connectivity index (χ4n) is 3.43. The van der Waals surface area contributed by atoms with Gasteiger partial charge in [-0.15, -0.1) is 0 Å². The number of sulfonamides is 1. The summed E-state index contributed by atoms with van der Waals surface area (Å²) in [6.07, 6.45) is 2.38. The van der Waals surface area contributed by atoms with Crippen LogP contribution in [0.25, 0.3) is 0 Å². The summed E-state index contributed by atoms with van der Waals surface area (Å²) in [7, 11) is -3.74. The summed E-state index contributed by atoms with van der Waals surface area (Å²) in [4.78, 5) is 27.8. The molecule has 1 N–H and O–H groups in total. The maximum Gasteiger partial charge on any atom is 0.244 e. The van der Waals surface area contributed by atoms with Gasteiger partial charge in [-0.3, -0.25) is 13.9 Å². The molecule has 0 saturated carbocycles. The summed E-state index contributed by atoms with van der Waals surface area (Å²) in [5, 5.41) is 2.92. The molecule has 0 aromatic heterocycles. The van der Waals surface area contributed by atoms with E-state index in [0.29, 0.717) is 12.1 Å². The van der Waals surface area contributed by atoms with Crippen molar-refractivity contribution in [3.8, 4) is 0 Å². The third kappa shape index (κ3) is 7.84. The molecule has 9 heteroatoms. The van der Waals surface area contributed by atoms with Crippen molar-refractivity contribution >= 4 is 43.5 Å². The van der Waals surface area contributed by atoms with Crippen LogP contribution < -0.4 is 9.62 Å². The lowest BCUT2D eigenvalue weighted by molar-refractivity contribution is -0.139. The average molecular weight is 553 g/mol. The van der Waals surface area contributed by atoms with E-state index < -0.39 is 28.5 Å². The van der Waals surface area contributed by atoms with Gasteiger partial charge >= 0.3 is 0 Å². The molecule has 0 saturated heterocycles. The molecule has 0 aliphatic rings. The largest absolute Gasteiger partial charge is 0.352 e. The van der Waals surface area contributed by atoms with E-state index in [-0.39, 0.29) is 18.5 Å². The van der Waals surface area contributed by atoms with E-state index in [1.807, 2.05) is 51.1 Å². The summed E-state index contributed by atoms with van der Waals surface area (Å²) in [5.41, 5.74) is 2.27. The molecule has 7 nitrogen and oxygen atoms in total. The molecule has 0 radical (unpaired) electrons. The third-order valence-corrected chi connectivity index (χ3v) is 7.79. The molecule has 0 aliphatic carbocycles. The Hall–Kier alpha value is -2.39. The number of hydrogen-bond acceptors (Lipinski definition) is 4. The molecule has 2 rings (SSSR count). The van der Waals surface area contributed by atoms with Gasteiger partial charge in [0.2, 0.25) is 21.8 Å². The van der Waals surface area contributed by atoms with Crippen molar-refractivity contribution in [2.45, 2.75) is 52.6 Å². The number of carbonyl (C=O) groups excluding carboxylic acids is 2. The van der Waals surface area contributed by atoms with Gasteiger partial charge in [0.05, 0.1) is 11.9 Å². The molecule has 2 aromatic rings. The second-order valence-electron chi connectivity index (χ2n) is 8.52. The quantitative estimate of drug-likeness (QED) is 0.458. The van der Waals surface area contributed by atoms with Gasteiger partial charge in [0, 0.05) is 17.1 Å². The van der Waals surface area contributed by atoms with E-state index in [2.05, 4.69) is 21.2 Å². The van der Waals surface area contributed by atoms with Crippen LogP contribution in [0.4, 0.5) is 5.69 Å². The number of carbonyl (C=O) groups is 2. The Bertz CT molecular complexity index is 1090. The SMILES string of the molecule is CC[C@H](C)NC(=O)[C@@H](C)N(CCc1ccccc1)C(=O)CN(c1ccc(Br)c(C)c1)S(C)(=O)=O. The maximum atomic E-state index is 13.5. The van der Waals surface area contributed by atoms with Crippen LogP contribution >= 0.6 is 15.9 Å². The second-order valence-corrected chi connectivity index (χ2v) is 11.3. The molecular weight excluding hydrogens is 518 g/mol. The number of anilines is 1. The van der Waals surface area contributed by atoms with Crippen molar-refractivity contribution in [2.24, 2.45) is 0 Å². The number of rotatable bonds is 11. The number of benzene rings is 2. The molecule has 34 heavy (non-hydrogen) atoms. The van der Waals surface area contributed by atoms with Crippen LogP contribution in [0.5, 0.6) is 0 Å². The monoisotopic (exact) mass is 551 g/mol. The highest BCUT2D eigenvalue weighted by Gasteiger charge is 2.30. The predicted molar refractivity (Wildman–Crippen MR) is 140 cm³/mol. The van der Waals surface area contributed by atoms with E-state index in [0.717, 1.165) is 32.6 Å². The van der Waals surface area contributed by atoms with Crippen LogP contribution in [-0.4, -0.2) is 56.6 Å². The van der Waals surface area contributed by atoms with Crippen molar-refractivity contribution in [1.29, 1.82) is 0 Å². The van der Waals surface area contributed by atoms with Gasteiger partial charge in [-0.2, -0.15) is 0 Å². The number of halogens is 1.